The van der Waals surface area contributed by atoms with Crippen LogP contribution in [0.1, 0.15) is 33.9 Å². The number of thiophene rings is 1. The molecule has 1 aliphatic rings. The highest BCUT2D eigenvalue weighted by molar-refractivity contribution is 7.10. The molecule has 0 fully saturated rings. The number of carbonyl (C=O) groups is 1. The molecule has 1 aliphatic heterocycles. The summed E-state index contributed by atoms with van der Waals surface area (Å²) in [7, 11) is 0. The SMILES string of the molecule is O=C(Nc1ccc(F)c(Cl)c1)c1cc2n(n1)[C@H](C(F)(F)F)C[C@@H](c1cccs1)N2. The Morgan fingerprint density at radius 3 is 2.76 bits per heavy atom. The Balaban J connectivity index is 1.63. The molecule has 2 aromatic heterocycles. The number of hydrogen-bond acceptors (Lipinski definition) is 4. The van der Waals surface area contributed by atoms with Crippen LogP contribution in [0.25, 0.3) is 0 Å². The largest absolute Gasteiger partial charge is 0.410 e. The van der Waals surface area contributed by atoms with Crippen LogP contribution in [0, 0.1) is 5.82 Å². The number of carbonyl (C=O) groups excluding carboxylic acids is 1. The fraction of sp³-hybridized carbons (Fsp3) is 0.222. The zero-order chi connectivity index (χ0) is 20.8. The van der Waals surface area contributed by atoms with E-state index in [2.05, 4.69) is 15.7 Å². The Bertz CT molecular complexity index is 1050. The van der Waals surface area contributed by atoms with Crippen molar-refractivity contribution in [3.63, 3.8) is 0 Å². The van der Waals surface area contributed by atoms with E-state index in [-0.39, 0.29) is 28.6 Å². The summed E-state index contributed by atoms with van der Waals surface area (Å²) in [4.78, 5) is 13.2. The number of hydrogen-bond donors (Lipinski definition) is 2. The van der Waals surface area contributed by atoms with Crippen molar-refractivity contribution in [1.29, 1.82) is 0 Å². The Hall–Kier alpha value is -2.59. The van der Waals surface area contributed by atoms with Crippen molar-refractivity contribution in [1.82, 2.24) is 9.78 Å². The number of benzene rings is 1. The van der Waals surface area contributed by atoms with Crippen molar-refractivity contribution in [2.45, 2.75) is 24.7 Å². The van der Waals surface area contributed by atoms with Crippen LogP contribution >= 0.6 is 22.9 Å². The van der Waals surface area contributed by atoms with Gasteiger partial charge in [-0.05, 0) is 29.6 Å². The second-order valence-electron chi connectivity index (χ2n) is 6.45. The Morgan fingerprint density at radius 1 is 1.31 bits per heavy atom. The first-order chi connectivity index (χ1) is 13.7. The smallest absolute Gasteiger partial charge is 0.363 e. The first-order valence-electron chi connectivity index (χ1n) is 8.45. The fourth-order valence-electron chi connectivity index (χ4n) is 3.13. The van der Waals surface area contributed by atoms with E-state index in [1.807, 2.05) is 0 Å². The molecule has 2 N–H and O–H groups in total. The third-order valence-corrected chi connectivity index (χ3v) is 5.76. The zero-order valence-corrected chi connectivity index (χ0v) is 16.1. The van der Waals surface area contributed by atoms with E-state index in [0.717, 1.165) is 15.6 Å². The predicted octanol–water partition coefficient (Wildman–Crippen LogP) is 5.65. The highest BCUT2D eigenvalue weighted by Crippen LogP contribution is 2.44. The van der Waals surface area contributed by atoms with Gasteiger partial charge < -0.3 is 10.6 Å². The summed E-state index contributed by atoms with van der Waals surface area (Å²) in [5.41, 5.74) is -0.00167. The maximum Gasteiger partial charge on any atom is 0.410 e. The van der Waals surface area contributed by atoms with Gasteiger partial charge in [0, 0.05) is 23.1 Å². The molecule has 1 amide bonds. The van der Waals surface area contributed by atoms with Crippen LogP contribution < -0.4 is 10.6 Å². The molecule has 0 radical (unpaired) electrons. The molecule has 11 heteroatoms. The number of amides is 1. The number of aromatic nitrogens is 2. The van der Waals surface area contributed by atoms with Crippen LogP contribution in [0.3, 0.4) is 0 Å². The number of anilines is 2. The number of halogens is 5. The highest BCUT2D eigenvalue weighted by atomic mass is 35.5. The minimum atomic E-state index is -4.53. The molecule has 152 valence electrons. The molecule has 0 bridgehead atoms. The lowest BCUT2D eigenvalue weighted by Crippen LogP contribution is -2.35. The van der Waals surface area contributed by atoms with Crippen LogP contribution in [0.4, 0.5) is 29.1 Å². The summed E-state index contributed by atoms with van der Waals surface area (Å²) in [6.07, 6.45) is -4.77. The molecule has 3 aromatic rings. The lowest BCUT2D eigenvalue weighted by atomic mass is 10.0. The maximum atomic E-state index is 13.6. The third-order valence-electron chi connectivity index (χ3n) is 4.49. The summed E-state index contributed by atoms with van der Waals surface area (Å²) in [6, 6.07) is 5.94. The molecule has 0 spiro atoms. The molecular weight excluding hydrogens is 432 g/mol. The van der Waals surface area contributed by atoms with Crippen molar-refractivity contribution in [3.8, 4) is 0 Å². The van der Waals surface area contributed by atoms with Gasteiger partial charge in [-0.2, -0.15) is 18.3 Å². The molecule has 4 rings (SSSR count). The number of alkyl halides is 3. The summed E-state index contributed by atoms with van der Waals surface area (Å²) >= 11 is 7.03. The van der Waals surface area contributed by atoms with E-state index in [1.165, 1.54) is 29.5 Å². The zero-order valence-electron chi connectivity index (χ0n) is 14.5. The topological polar surface area (TPSA) is 59.0 Å². The molecule has 0 saturated carbocycles. The molecular formula is C18H13ClF4N4OS. The normalized spacial score (nSPS) is 18.8. The van der Waals surface area contributed by atoms with Crippen molar-refractivity contribution in [2.75, 3.05) is 10.6 Å². The van der Waals surface area contributed by atoms with E-state index >= 15 is 0 Å². The van der Waals surface area contributed by atoms with E-state index in [4.69, 9.17) is 11.6 Å². The summed E-state index contributed by atoms with van der Waals surface area (Å²) in [6.45, 7) is 0. The van der Waals surface area contributed by atoms with Gasteiger partial charge in [-0.15, -0.1) is 11.3 Å². The first kappa shape index (κ1) is 19.7. The first-order valence-corrected chi connectivity index (χ1v) is 9.71. The van der Waals surface area contributed by atoms with E-state index in [1.54, 1.807) is 17.5 Å². The molecule has 0 aliphatic carbocycles. The standard InChI is InChI=1S/C18H13ClF4N4OS/c19-10-6-9(3-4-11(10)20)24-17(28)13-8-16-25-12(14-2-1-5-29-14)7-15(18(21,22)23)27(16)26-13/h1-6,8,12,15,25H,7H2,(H,24,28)/t12-,15-/m0/s1. The second kappa shape index (κ2) is 7.34. The lowest BCUT2D eigenvalue weighted by Gasteiger charge is -2.32. The molecule has 1 aromatic carbocycles. The number of rotatable bonds is 3. The third kappa shape index (κ3) is 3.95. The van der Waals surface area contributed by atoms with Crippen LogP contribution in [-0.4, -0.2) is 21.9 Å². The van der Waals surface area contributed by atoms with Crippen molar-refractivity contribution in [3.05, 3.63) is 63.2 Å². The quantitative estimate of drug-likeness (QED) is 0.513. The highest BCUT2D eigenvalue weighted by Gasteiger charge is 2.47. The molecule has 0 unspecified atom stereocenters. The summed E-state index contributed by atoms with van der Waals surface area (Å²) in [5.74, 6) is -1.29. The Morgan fingerprint density at radius 2 is 2.10 bits per heavy atom. The number of nitrogens with one attached hydrogen (secondary N) is 2. The predicted molar refractivity (Wildman–Crippen MR) is 102 cm³/mol. The molecule has 0 saturated heterocycles. The molecule has 3 heterocycles. The monoisotopic (exact) mass is 444 g/mol. The average Bonchev–Trinajstić information content (AvgIpc) is 3.32. The van der Waals surface area contributed by atoms with Gasteiger partial charge in [0.05, 0.1) is 11.1 Å². The summed E-state index contributed by atoms with van der Waals surface area (Å²) in [5, 5.41) is 10.9. The second-order valence-corrected chi connectivity index (χ2v) is 7.83. The van der Waals surface area contributed by atoms with Gasteiger partial charge >= 0.3 is 6.18 Å². The van der Waals surface area contributed by atoms with Gasteiger partial charge in [0.1, 0.15) is 11.6 Å². The van der Waals surface area contributed by atoms with Crippen molar-refractivity contribution >= 4 is 40.4 Å². The van der Waals surface area contributed by atoms with Gasteiger partial charge in [0.2, 0.25) is 0 Å². The molecule has 5 nitrogen and oxygen atoms in total. The van der Waals surface area contributed by atoms with Gasteiger partial charge in [-0.3, -0.25) is 4.79 Å². The number of nitrogens with zero attached hydrogens (tertiary/aromatic N) is 2. The minimum absolute atomic E-state index is 0.0965. The van der Waals surface area contributed by atoms with Gasteiger partial charge in [-0.25, -0.2) is 9.07 Å². The van der Waals surface area contributed by atoms with Crippen LogP contribution in [0.15, 0.2) is 41.8 Å². The van der Waals surface area contributed by atoms with Crippen LogP contribution in [0.5, 0.6) is 0 Å². The van der Waals surface area contributed by atoms with Crippen LogP contribution in [-0.2, 0) is 0 Å². The van der Waals surface area contributed by atoms with E-state index in [9.17, 15) is 22.4 Å². The average molecular weight is 445 g/mol. The number of fused-ring (bicyclic) bond motifs is 1. The van der Waals surface area contributed by atoms with Gasteiger partial charge in [0.25, 0.3) is 5.91 Å². The summed E-state index contributed by atoms with van der Waals surface area (Å²) < 4.78 is 55.0. The Kier molecular flexibility index (Phi) is 4.99. The van der Waals surface area contributed by atoms with Crippen molar-refractivity contribution in [2.24, 2.45) is 0 Å². The van der Waals surface area contributed by atoms with E-state index < -0.39 is 30.0 Å². The van der Waals surface area contributed by atoms with E-state index in [0.29, 0.717) is 0 Å². The molecule has 2 atom stereocenters. The fourth-order valence-corrected chi connectivity index (χ4v) is 4.10. The Labute approximate surface area is 171 Å². The van der Waals surface area contributed by atoms with Gasteiger partial charge in [-0.1, -0.05) is 17.7 Å². The molecule has 29 heavy (non-hydrogen) atoms. The van der Waals surface area contributed by atoms with Crippen molar-refractivity contribution < 1.29 is 22.4 Å². The van der Waals surface area contributed by atoms with Gasteiger partial charge in [0.15, 0.2) is 11.7 Å². The van der Waals surface area contributed by atoms with Crippen LogP contribution in [0.2, 0.25) is 5.02 Å². The minimum Gasteiger partial charge on any atom is -0.363 e. The lowest BCUT2D eigenvalue weighted by molar-refractivity contribution is -0.173. The maximum absolute atomic E-state index is 13.6.